The maximum Gasteiger partial charge on any atom is 0.00880 e. The van der Waals surface area contributed by atoms with Crippen molar-refractivity contribution in [2.45, 2.75) is 58.0 Å². The second-order valence-corrected chi connectivity index (χ2v) is 3.82. The Morgan fingerprint density at radius 1 is 1.23 bits per heavy atom. The zero-order valence-electron chi connectivity index (χ0n) is 9.00. The fourth-order valence-electron chi connectivity index (χ4n) is 1.28. The van der Waals surface area contributed by atoms with Gasteiger partial charge >= 0.3 is 0 Å². The molecule has 0 aliphatic heterocycles. The molecular formula is C11H24N2. The lowest BCUT2D eigenvalue weighted by molar-refractivity contribution is 0.550. The van der Waals surface area contributed by atoms with Crippen LogP contribution in [0.15, 0.2) is 12.2 Å². The van der Waals surface area contributed by atoms with Crippen LogP contribution < -0.4 is 11.5 Å². The molecule has 2 heteroatoms. The highest BCUT2D eigenvalue weighted by atomic mass is 14.7. The molecule has 4 N–H and O–H groups in total. The summed E-state index contributed by atoms with van der Waals surface area (Å²) >= 11 is 0. The summed E-state index contributed by atoms with van der Waals surface area (Å²) in [6.07, 6.45) is 10.0. The highest BCUT2D eigenvalue weighted by Gasteiger charge is 2.02. The second-order valence-electron chi connectivity index (χ2n) is 3.82. The van der Waals surface area contributed by atoms with E-state index >= 15 is 0 Å². The molecule has 0 saturated heterocycles. The van der Waals surface area contributed by atoms with Crippen molar-refractivity contribution in [2.75, 3.05) is 0 Å². The van der Waals surface area contributed by atoms with Gasteiger partial charge in [-0.2, -0.15) is 0 Å². The molecule has 0 aromatic carbocycles. The van der Waals surface area contributed by atoms with E-state index in [1.54, 1.807) is 0 Å². The molecule has 0 heterocycles. The minimum absolute atomic E-state index is 0.221. The van der Waals surface area contributed by atoms with E-state index in [1.807, 2.05) is 6.92 Å². The third kappa shape index (κ3) is 9.57. The van der Waals surface area contributed by atoms with Gasteiger partial charge in [0.05, 0.1) is 0 Å². The molecule has 78 valence electrons. The maximum absolute atomic E-state index is 5.86. The zero-order valence-corrected chi connectivity index (χ0v) is 9.00. The molecule has 2 atom stereocenters. The minimum atomic E-state index is 0.221. The minimum Gasteiger partial charge on any atom is -0.328 e. The number of hydrogen-bond donors (Lipinski definition) is 2. The average molecular weight is 184 g/mol. The van der Waals surface area contributed by atoms with E-state index in [0.29, 0.717) is 0 Å². The van der Waals surface area contributed by atoms with Crippen LogP contribution in [0.1, 0.15) is 46.0 Å². The smallest absolute Gasteiger partial charge is 0.00880 e. The maximum atomic E-state index is 5.86. The molecule has 0 aliphatic rings. The van der Waals surface area contributed by atoms with E-state index in [9.17, 15) is 0 Å². The fraction of sp³-hybridized carbons (Fsp3) is 0.818. The van der Waals surface area contributed by atoms with Gasteiger partial charge in [0, 0.05) is 12.1 Å². The Morgan fingerprint density at radius 2 is 1.92 bits per heavy atom. The Balaban J connectivity index is 3.34. The zero-order chi connectivity index (χ0) is 10.1. The third-order valence-electron chi connectivity index (χ3n) is 2.00. The number of hydrogen-bond acceptors (Lipinski definition) is 2. The van der Waals surface area contributed by atoms with Crippen molar-refractivity contribution in [3.05, 3.63) is 12.2 Å². The number of unbranched alkanes of at least 4 members (excludes halogenated alkanes) is 2. The van der Waals surface area contributed by atoms with Gasteiger partial charge in [-0.25, -0.2) is 0 Å². The van der Waals surface area contributed by atoms with Crippen molar-refractivity contribution in [3.8, 4) is 0 Å². The van der Waals surface area contributed by atoms with Crippen LogP contribution in [0.25, 0.3) is 0 Å². The molecule has 0 aliphatic carbocycles. The van der Waals surface area contributed by atoms with Crippen LogP contribution in [-0.4, -0.2) is 12.1 Å². The van der Waals surface area contributed by atoms with E-state index in [0.717, 1.165) is 12.8 Å². The number of nitrogens with two attached hydrogens (primary N) is 2. The van der Waals surface area contributed by atoms with E-state index in [4.69, 9.17) is 11.5 Å². The van der Waals surface area contributed by atoms with E-state index in [2.05, 4.69) is 19.1 Å². The third-order valence-corrected chi connectivity index (χ3v) is 2.00. The molecule has 0 saturated carbocycles. The van der Waals surface area contributed by atoms with Crippen molar-refractivity contribution in [1.82, 2.24) is 0 Å². The summed E-state index contributed by atoms with van der Waals surface area (Å²) in [5, 5.41) is 0. The van der Waals surface area contributed by atoms with Crippen LogP contribution in [0.5, 0.6) is 0 Å². The van der Waals surface area contributed by atoms with Gasteiger partial charge in [0.15, 0.2) is 0 Å². The Kier molecular flexibility index (Phi) is 8.05. The molecule has 0 spiro atoms. The molecule has 0 fully saturated rings. The summed E-state index contributed by atoms with van der Waals surface area (Å²) in [5.41, 5.74) is 11.5. The van der Waals surface area contributed by atoms with Gasteiger partial charge < -0.3 is 11.5 Å². The summed E-state index contributed by atoms with van der Waals surface area (Å²) in [6, 6.07) is 0.455. The molecule has 0 aromatic heterocycles. The van der Waals surface area contributed by atoms with Crippen molar-refractivity contribution in [3.63, 3.8) is 0 Å². The van der Waals surface area contributed by atoms with Gasteiger partial charge in [0.25, 0.3) is 0 Å². The first-order chi connectivity index (χ1) is 6.16. The number of allylic oxidation sites excluding steroid dienone is 1. The number of rotatable bonds is 7. The van der Waals surface area contributed by atoms with Crippen molar-refractivity contribution in [2.24, 2.45) is 11.5 Å². The molecule has 0 aromatic rings. The van der Waals surface area contributed by atoms with E-state index in [-0.39, 0.29) is 12.1 Å². The predicted octanol–water partition coefficient (Wildman–Crippen LogP) is 2.19. The van der Waals surface area contributed by atoms with Crippen molar-refractivity contribution < 1.29 is 0 Å². The van der Waals surface area contributed by atoms with Crippen LogP contribution >= 0.6 is 0 Å². The second kappa shape index (κ2) is 8.27. The monoisotopic (exact) mass is 184 g/mol. The topological polar surface area (TPSA) is 52.0 Å². The van der Waals surface area contributed by atoms with Crippen LogP contribution in [0.4, 0.5) is 0 Å². The molecule has 0 rings (SSSR count). The Morgan fingerprint density at radius 3 is 2.46 bits per heavy atom. The predicted molar refractivity (Wildman–Crippen MR) is 59.5 cm³/mol. The molecule has 0 radical (unpaired) electrons. The van der Waals surface area contributed by atoms with E-state index < -0.39 is 0 Å². The first-order valence-corrected chi connectivity index (χ1v) is 5.33. The van der Waals surface area contributed by atoms with Crippen molar-refractivity contribution in [1.29, 1.82) is 0 Å². The largest absolute Gasteiger partial charge is 0.328 e. The SMILES string of the molecule is CCCC/C=C\CC(N)CC(C)N. The quantitative estimate of drug-likeness (QED) is 0.471. The van der Waals surface area contributed by atoms with Gasteiger partial charge in [0.2, 0.25) is 0 Å². The lowest BCUT2D eigenvalue weighted by Crippen LogP contribution is -2.28. The van der Waals surface area contributed by atoms with Crippen LogP contribution in [0, 0.1) is 0 Å². The fourth-order valence-corrected chi connectivity index (χ4v) is 1.28. The van der Waals surface area contributed by atoms with Crippen molar-refractivity contribution >= 4 is 0 Å². The van der Waals surface area contributed by atoms with Gasteiger partial charge in [-0.1, -0.05) is 31.9 Å². The highest BCUT2D eigenvalue weighted by Crippen LogP contribution is 2.01. The molecule has 0 bridgehead atoms. The molecule has 2 nitrogen and oxygen atoms in total. The first kappa shape index (κ1) is 12.7. The summed E-state index contributed by atoms with van der Waals surface area (Å²) in [4.78, 5) is 0. The first-order valence-electron chi connectivity index (χ1n) is 5.33. The van der Waals surface area contributed by atoms with Gasteiger partial charge in [-0.3, -0.25) is 0 Å². The lowest BCUT2D eigenvalue weighted by atomic mass is 10.1. The molecule has 2 unspecified atom stereocenters. The lowest BCUT2D eigenvalue weighted by Gasteiger charge is -2.11. The van der Waals surface area contributed by atoms with Crippen LogP contribution in [-0.2, 0) is 0 Å². The standard InChI is InChI=1S/C11H24N2/c1-3-4-5-6-7-8-11(13)9-10(2)12/h6-7,10-11H,3-5,8-9,12-13H2,1-2H3/b7-6-. The highest BCUT2D eigenvalue weighted by molar-refractivity contribution is 4.86. The summed E-state index contributed by atoms with van der Waals surface area (Å²) in [7, 11) is 0. The van der Waals surface area contributed by atoms with E-state index in [1.165, 1.54) is 19.3 Å². The molecular weight excluding hydrogens is 160 g/mol. The normalized spacial score (nSPS) is 16.3. The molecule has 0 amide bonds. The van der Waals surface area contributed by atoms with Gasteiger partial charge in [-0.15, -0.1) is 0 Å². The average Bonchev–Trinajstić information content (AvgIpc) is 2.02. The molecule has 13 heavy (non-hydrogen) atoms. The van der Waals surface area contributed by atoms with Gasteiger partial charge in [0.1, 0.15) is 0 Å². The Hall–Kier alpha value is -0.340. The summed E-state index contributed by atoms with van der Waals surface area (Å²) in [6.45, 7) is 4.20. The van der Waals surface area contributed by atoms with Gasteiger partial charge in [-0.05, 0) is 26.2 Å². The summed E-state index contributed by atoms with van der Waals surface area (Å²) < 4.78 is 0. The van der Waals surface area contributed by atoms with Crippen LogP contribution in [0.3, 0.4) is 0 Å². The van der Waals surface area contributed by atoms with Crippen LogP contribution in [0.2, 0.25) is 0 Å². The Bertz CT molecular complexity index is 130. The summed E-state index contributed by atoms with van der Waals surface area (Å²) in [5.74, 6) is 0. The Labute approximate surface area is 82.4 Å².